The average Bonchev–Trinajstić information content (AvgIpc) is 2.71. The maximum Gasteiger partial charge on any atom is 0.225 e. The Morgan fingerprint density at radius 1 is 0.731 bits per heavy atom. The standard InChI is InChI=1S/C20H22N6/c1-15-16(2)19(24-23-18(15)17-7-4-3-5-8-17)25-11-13-26(14-12-25)20-21-9-6-10-22-20/h3-10H,11-14H2,1-2H3. The van der Waals surface area contributed by atoms with E-state index in [1.54, 1.807) is 12.4 Å². The van der Waals surface area contributed by atoms with Gasteiger partial charge >= 0.3 is 0 Å². The number of nitrogens with zero attached hydrogens (tertiary/aromatic N) is 6. The Balaban J connectivity index is 1.53. The molecular formula is C20H22N6. The van der Waals surface area contributed by atoms with Crippen LogP contribution in [0.4, 0.5) is 11.8 Å². The van der Waals surface area contributed by atoms with Crippen LogP contribution in [0.2, 0.25) is 0 Å². The summed E-state index contributed by atoms with van der Waals surface area (Å²) in [7, 11) is 0. The Hall–Kier alpha value is -3.02. The second-order valence-electron chi connectivity index (χ2n) is 6.51. The lowest BCUT2D eigenvalue weighted by Gasteiger charge is -2.36. The molecule has 2 aromatic heterocycles. The summed E-state index contributed by atoms with van der Waals surface area (Å²) < 4.78 is 0. The molecule has 0 unspecified atom stereocenters. The van der Waals surface area contributed by atoms with E-state index >= 15 is 0 Å². The fraction of sp³-hybridized carbons (Fsp3) is 0.300. The Morgan fingerprint density at radius 3 is 2.08 bits per heavy atom. The first-order valence-corrected chi connectivity index (χ1v) is 8.90. The van der Waals surface area contributed by atoms with Gasteiger partial charge in [-0.3, -0.25) is 0 Å². The normalized spacial score (nSPS) is 14.5. The number of hydrogen-bond acceptors (Lipinski definition) is 6. The van der Waals surface area contributed by atoms with Gasteiger partial charge in [-0.1, -0.05) is 30.3 Å². The minimum Gasteiger partial charge on any atom is -0.351 e. The van der Waals surface area contributed by atoms with Gasteiger partial charge in [0.2, 0.25) is 5.95 Å². The zero-order chi connectivity index (χ0) is 17.9. The van der Waals surface area contributed by atoms with E-state index in [-0.39, 0.29) is 0 Å². The molecule has 0 aliphatic carbocycles. The second kappa shape index (κ2) is 7.07. The SMILES string of the molecule is Cc1c(-c2ccccc2)nnc(N2CCN(c3ncccn3)CC2)c1C. The molecule has 1 aliphatic heterocycles. The van der Waals surface area contributed by atoms with Gasteiger partial charge in [0.25, 0.3) is 0 Å². The van der Waals surface area contributed by atoms with Crippen LogP contribution in [0.5, 0.6) is 0 Å². The van der Waals surface area contributed by atoms with Gasteiger partial charge in [0, 0.05) is 44.1 Å². The van der Waals surface area contributed by atoms with Crippen LogP contribution in [0.1, 0.15) is 11.1 Å². The van der Waals surface area contributed by atoms with Gasteiger partial charge < -0.3 is 9.80 Å². The van der Waals surface area contributed by atoms with E-state index in [1.807, 2.05) is 24.3 Å². The Bertz CT molecular complexity index is 874. The van der Waals surface area contributed by atoms with Crippen LogP contribution in [0.15, 0.2) is 48.8 Å². The number of anilines is 2. The molecule has 26 heavy (non-hydrogen) atoms. The highest BCUT2D eigenvalue weighted by molar-refractivity contribution is 5.66. The summed E-state index contributed by atoms with van der Waals surface area (Å²) >= 11 is 0. The van der Waals surface area contributed by atoms with Crippen molar-refractivity contribution < 1.29 is 0 Å². The molecule has 0 atom stereocenters. The molecule has 6 nitrogen and oxygen atoms in total. The highest BCUT2D eigenvalue weighted by Crippen LogP contribution is 2.28. The van der Waals surface area contributed by atoms with E-state index in [4.69, 9.17) is 0 Å². The van der Waals surface area contributed by atoms with Crippen LogP contribution in [-0.4, -0.2) is 46.3 Å². The molecule has 3 aromatic rings. The van der Waals surface area contributed by atoms with Gasteiger partial charge in [0.15, 0.2) is 5.82 Å². The van der Waals surface area contributed by atoms with Crippen molar-refractivity contribution in [1.82, 2.24) is 20.2 Å². The quantitative estimate of drug-likeness (QED) is 0.727. The van der Waals surface area contributed by atoms with Crippen LogP contribution >= 0.6 is 0 Å². The molecule has 1 fully saturated rings. The smallest absolute Gasteiger partial charge is 0.225 e. The monoisotopic (exact) mass is 346 g/mol. The molecular weight excluding hydrogens is 324 g/mol. The van der Waals surface area contributed by atoms with Crippen molar-refractivity contribution in [3.05, 3.63) is 59.9 Å². The highest BCUT2D eigenvalue weighted by atomic mass is 15.3. The molecule has 4 rings (SSSR count). The van der Waals surface area contributed by atoms with Crippen molar-refractivity contribution in [1.29, 1.82) is 0 Å². The van der Waals surface area contributed by atoms with Crippen molar-refractivity contribution in [2.75, 3.05) is 36.0 Å². The summed E-state index contributed by atoms with van der Waals surface area (Å²) in [5.74, 6) is 1.78. The summed E-state index contributed by atoms with van der Waals surface area (Å²) in [5.41, 5.74) is 4.46. The average molecular weight is 346 g/mol. The molecule has 0 saturated carbocycles. The van der Waals surface area contributed by atoms with Crippen molar-refractivity contribution in [2.45, 2.75) is 13.8 Å². The van der Waals surface area contributed by atoms with E-state index in [2.05, 4.69) is 55.9 Å². The number of rotatable bonds is 3. The third kappa shape index (κ3) is 3.10. The fourth-order valence-electron chi connectivity index (χ4n) is 3.34. The lowest BCUT2D eigenvalue weighted by atomic mass is 10.0. The number of aromatic nitrogens is 4. The maximum atomic E-state index is 4.56. The second-order valence-corrected chi connectivity index (χ2v) is 6.51. The van der Waals surface area contributed by atoms with Crippen molar-refractivity contribution >= 4 is 11.8 Å². The van der Waals surface area contributed by atoms with E-state index in [1.165, 1.54) is 11.1 Å². The van der Waals surface area contributed by atoms with Crippen LogP contribution in [0.25, 0.3) is 11.3 Å². The van der Waals surface area contributed by atoms with E-state index in [9.17, 15) is 0 Å². The topological polar surface area (TPSA) is 58.0 Å². The zero-order valence-electron chi connectivity index (χ0n) is 15.1. The summed E-state index contributed by atoms with van der Waals surface area (Å²) in [6, 6.07) is 12.1. The Morgan fingerprint density at radius 2 is 1.38 bits per heavy atom. The fourth-order valence-corrected chi connectivity index (χ4v) is 3.34. The zero-order valence-corrected chi connectivity index (χ0v) is 15.1. The third-order valence-electron chi connectivity index (χ3n) is 4.96. The number of hydrogen-bond donors (Lipinski definition) is 0. The highest BCUT2D eigenvalue weighted by Gasteiger charge is 2.22. The van der Waals surface area contributed by atoms with Crippen molar-refractivity contribution in [2.24, 2.45) is 0 Å². The van der Waals surface area contributed by atoms with E-state index < -0.39 is 0 Å². The van der Waals surface area contributed by atoms with Crippen LogP contribution in [-0.2, 0) is 0 Å². The van der Waals surface area contributed by atoms with Gasteiger partial charge in [-0.05, 0) is 31.0 Å². The molecule has 0 spiro atoms. The van der Waals surface area contributed by atoms with Gasteiger partial charge in [-0.2, -0.15) is 0 Å². The molecule has 0 bridgehead atoms. The summed E-state index contributed by atoms with van der Waals surface area (Å²) in [5, 5.41) is 9.09. The summed E-state index contributed by atoms with van der Waals surface area (Å²) in [6.45, 7) is 7.80. The van der Waals surface area contributed by atoms with Crippen LogP contribution < -0.4 is 9.80 Å². The Labute approximate surface area is 153 Å². The van der Waals surface area contributed by atoms with Gasteiger partial charge in [0.05, 0.1) is 5.69 Å². The first-order valence-electron chi connectivity index (χ1n) is 8.90. The first kappa shape index (κ1) is 16.4. The molecule has 0 N–H and O–H groups in total. The van der Waals surface area contributed by atoms with Crippen molar-refractivity contribution in [3.63, 3.8) is 0 Å². The molecule has 132 valence electrons. The maximum absolute atomic E-state index is 4.56. The summed E-state index contributed by atoms with van der Waals surface area (Å²) in [6.07, 6.45) is 3.58. The molecule has 0 amide bonds. The van der Waals surface area contributed by atoms with E-state index in [0.29, 0.717) is 0 Å². The minimum absolute atomic E-state index is 0.797. The molecule has 1 saturated heterocycles. The first-order chi connectivity index (χ1) is 12.7. The minimum atomic E-state index is 0.797. The van der Waals surface area contributed by atoms with Gasteiger partial charge in [0.1, 0.15) is 0 Å². The van der Waals surface area contributed by atoms with Gasteiger partial charge in [-0.25, -0.2) is 9.97 Å². The third-order valence-corrected chi connectivity index (χ3v) is 4.96. The molecule has 1 aromatic carbocycles. The molecule has 1 aliphatic rings. The largest absolute Gasteiger partial charge is 0.351 e. The predicted molar refractivity (Wildman–Crippen MR) is 103 cm³/mol. The Kier molecular flexibility index (Phi) is 4.48. The van der Waals surface area contributed by atoms with Crippen molar-refractivity contribution in [3.8, 4) is 11.3 Å². The van der Waals surface area contributed by atoms with Gasteiger partial charge in [-0.15, -0.1) is 10.2 Å². The van der Waals surface area contributed by atoms with E-state index in [0.717, 1.165) is 49.2 Å². The van der Waals surface area contributed by atoms with Crippen LogP contribution in [0.3, 0.4) is 0 Å². The van der Waals surface area contributed by atoms with Crippen LogP contribution in [0, 0.1) is 13.8 Å². The number of benzene rings is 1. The molecule has 0 radical (unpaired) electrons. The lowest BCUT2D eigenvalue weighted by molar-refractivity contribution is 0.629. The predicted octanol–water partition coefficient (Wildman–Crippen LogP) is 2.88. The molecule has 3 heterocycles. The summed E-state index contributed by atoms with van der Waals surface area (Å²) in [4.78, 5) is 13.2. The molecule has 6 heteroatoms. The number of piperazine rings is 1. The lowest BCUT2D eigenvalue weighted by Crippen LogP contribution is -2.47.